The maximum absolute atomic E-state index is 12.3. The minimum absolute atomic E-state index is 0.142. The molecule has 1 atom stereocenters. The summed E-state index contributed by atoms with van der Waals surface area (Å²) in [6, 6.07) is 3.87. The van der Waals surface area contributed by atoms with E-state index in [1.807, 2.05) is 26.0 Å². The summed E-state index contributed by atoms with van der Waals surface area (Å²) in [5, 5.41) is 0. The zero-order valence-corrected chi connectivity index (χ0v) is 12.6. The van der Waals surface area contributed by atoms with Crippen molar-refractivity contribution >= 4 is 27.5 Å². The summed E-state index contributed by atoms with van der Waals surface area (Å²) in [6.45, 7) is 12.7. The molecule has 2 rings (SSSR count). The lowest BCUT2D eigenvalue weighted by Gasteiger charge is -2.23. The first-order valence-corrected chi connectivity index (χ1v) is 6.65. The van der Waals surface area contributed by atoms with Gasteiger partial charge in [0.2, 0.25) is 11.6 Å². The Morgan fingerprint density at radius 2 is 1.89 bits per heavy atom. The monoisotopic (exact) mass is 319 g/mol. The van der Waals surface area contributed by atoms with Gasteiger partial charge in [-0.05, 0) is 37.1 Å². The number of carbonyl (C=O) groups excluding carboxylic acids is 1. The van der Waals surface area contributed by atoms with Gasteiger partial charge in [0.15, 0.2) is 0 Å². The van der Waals surface area contributed by atoms with Crippen LogP contribution in [0.2, 0.25) is 0 Å². The molecule has 1 amide bonds. The summed E-state index contributed by atoms with van der Waals surface area (Å²) in [7, 11) is 0. The van der Waals surface area contributed by atoms with Crippen molar-refractivity contribution in [3.8, 4) is 0 Å². The first-order chi connectivity index (χ1) is 8.88. The molecule has 1 aliphatic heterocycles. The minimum Gasteiger partial charge on any atom is -0.394 e. The molecule has 0 radical (unpaired) electrons. The van der Waals surface area contributed by atoms with Crippen molar-refractivity contribution in [1.29, 1.82) is 0 Å². The molecule has 4 nitrogen and oxygen atoms in total. The van der Waals surface area contributed by atoms with Crippen LogP contribution in [0.25, 0.3) is 4.85 Å². The molecule has 0 spiro atoms. The van der Waals surface area contributed by atoms with Gasteiger partial charge in [-0.3, -0.25) is 9.69 Å². The van der Waals surface area contributed by atoms with Crippen LogP contribution in [0.3, 0.4) is 0 Å². The topological polar surface area (TPSA) is 50.7 Å². The van der Waals surface area contributed by atoms with Gasteiger partial charge in [-0.1, -0.05) is 22.9 Å². The molecular weight excluding hydrogens is 306 g/mol. The number of halogens is 1. The van der Waals surface area contributed by atoms with E-state index in [1.165, 1.54) is 4.90 Å². The van der Waals surface area contributed by atoms with Crippen LogP contribution in [0.4, 0.5) is 5.69 Å². The van der Waals surface area contributed by atoms with Gasteiger partial charge in [-0.2, -0.15) is 0 Å². The summed E-state index contributed by atoms with van der Waals surface area (Å²) < 4.78 is 0.957. The third kappa shape index (κ3) is 2.02. The molecule has 19 heavy (non-hydrogen) atoms. The van der Waals surface area contributed by atoms with Crippen molar-refractivity contribution in [3.05, 3.63) is 50.7 Å². The highest BCUT2D eigenvalue weighted by Gasteiger charge is 2.38. The van der Waals surface area contributed by atoms with Gasteiger partial charge in [0.05, 0.1) is 18.2 Å². The van der Waals surface area contributed by atoms with Gasteiger partial charge >= 0.3 is 0 Å². The smallest absolute Gasteiger partial charge is 0.229 e. The highest BCUT2D eigenvalue weighted by Crippen LogP contribution is 2.37. The third-order valence-electron chi connectivity index (χ3n) is 3.30. The van der Waals surface area contributed by atoms with E-state index in [-0.39, 0.29) is 11.7 Å². The molecule has 2 N–H and O–H groups in total. The number of amides is 1. The molecule has 0 aliphatic carbocycles. The van der Waals surface area contributed by atoms with Crippen molar-refractivity contribution in [1.82, 2.24) is 0 Å². The minimum atomic E-state index is -0.472. The number of nitrogens with two attached hydrogens (primary N) is 1. The van der Waals surface area contributed by atoms with E-state index in [9.17, 15) is 4.79 Å². The maximum atomic E-state index is 12.3. The fourth-order valence-corrected chi connectivity index (χ4v) is 3.09. The standard InChI is InChI=1S/C14H14BrN3O/c1-7-5-10(15)6-8(2)12(7)18-13(16)11(17-4)9(3)14(18)19/h5-6,9H,16H2,1-3H3. The Balaban J connectivity index is 2.65. The summed E-state index contributed by atoms with van der Waals surface area (Å²) in [4.78, 5) is 17.2. The SMILES string of the molecule is [C-]#[N+]C1=C(N)N(c2c(C)cc(Br)cc2C)C(=O)C1C. The molecule has 1 unspecified atom stereocenters. The summed E-state index contributed by atoms with van der Waals surface area (Å²) in [6.07, 6.45) is 0. The molecule has 0 aromatic heterocycles. The van der Waals surface area contributed by atoms with E-state index in [0.29, 0.717) is 5.70 Å². The number of aryl methyl sites for hydroxylation is 2. The van der Waals surface area contributed by atoms with Gasteiger partial charge in [0.25, 0.3) is 0 Å². The summed E-state index contributed by atoms with van der Waals surface area (Å²) in [5.74, 6) is -0.363. The zero-order valence-electron chi connectivity index (χ0n) is 11.0. The van der Waals surface area contributed by atoms with E-state index in [1.54, 1.807) is 6.92 Å². The molecule has 1 aromatic carbocycles. The number of nitrogens with zero attached hydrogens (tertiary/aromatic N) is 2. The fraction of sp³-hybridized carbons (Fsp3) is 0.286. The lowest BCUT2D eigenvalue weighted by molar-refractivity contribution is -0.119. The van der Waals surface area contributed by atoms with E-state index in [2.05, 4.69) is 20.8 Å². The van der Waals surface area contributed by atoms with Gasteiger partial charge in [0, 0.05) is 4.47 Å². The van der Waals surface area contributed by atoms with Crippen LogP contribution in [-0.4, -0.2) is 5.91 Å². The van der Waals surface area contributed by atoms with Crippen LogP contribution in [0, 0.1) is 26.3 Å². The van der Waals surface area contributed by atoms with E-state index >= 15 is 0 Å². The number of benzene rings is 1. The molecule has 98 valence electrons. The van der Waals surface area contributed by atoms with E-state index in [0.717, 1.165) is 21.3 Å². The Bertz CT molecular complexity index is 620. The Labute approximate surface area is 120 Å². The van der Waals surface area contributed by atoms with Gasteiger partial charge in [0.1, 0.15) is 5.82 Å². The van der Waals surface area contributed by atoms with Gasteiger partial charge < -0.3 is 5.73 Å². The van der Waals surface area contributed by atoms with Gasteiger partial charge in [-0.15, -0.1) is 0 Å². The van der Waals surface area contributed by atoms with Crippen molar-refractivity contribution in [3.63, 3.8) is 0 Å². The Hall–Kier alpha value is -1.80. The van der Waals surface area contributed by atoms with Crippen LogP contribution in [0.15, 0.2) is 28.1 Å². The van der Waals surface area contributed by atoms with E-state index < -0.39 is 5.92 Å². The second-order valence-corrected chi connectivity index (χ2v) is 5.58. The Morgan fingerprint density at radius 1 is 1.37 bits per heavy atom. The predicted octanol–water partition coefficient (Wildman–Crippen LogP) is 3.10. The number of hydrogen-bond acceptors (Lipinski definition) is 2. The molecule has 1 aliphatic rings. The van der Waals surface area contributed by atoms with Crippen LogP contribution in [-0.2, 0) is 4.79 Å². The fourth-order valence-electron chi connectivity index (χ4n) is 2.41. The number of hydrogen-bond donors (Lipinski definition) is 1. The second-order valence-electron chi connectivity index (χ2n) is 4.67. The van der Waals surface area contributed by atoms with E-state index in [4.69, 9.17) is 12.3 Å². The molecular formula is C14H14BrN3O. The normalized spacial score (nSPS) is 19.0. The zero-order chi connectivity index (χ0) is 14.3. The van der Waals surface area contributed by atoms with Crippen molar-refractivity contribution in [2.45, 2.75) is 20.8 Å². The number of carbonyl (C=O) groups is 1. The molecule has 1 aromatic rings. The number of rotatable bonds is 1. The lowest BCUT2D eigenvalue weighted by atomic mass is 10.1. The first-order valence-electron chi connectivity index (χ1n) is 5.86. The molecule has 0 saturated carbocycles. The highest BCUT2D eigenvalue weighted by atomic mass is 79.9. The quantitative estimate of drug-likeness (QED) is 0.809. The summed E-state index contributed by atoms with van der Waals surface area (Å²) in [5.41, 5.74) is 8.97. The lowest BCUT2D eigenvalue weighted by Crippen LogP contribution is -2.32. The number of anilines is 1. The van der Waals surface area contributed by atoms with Crippen LogP contribution >= 0.6 is 15.9 Å². The van der Waals surface area contributed by atoms with Gasteiger partial charge in [-0.25, -0.2) is 4.85 Å². The van der Waals surface area contributed by atoms with Crippen LogP contribution in [0.5, 0.6) is 0 Å². The van der Waals surface area contributed by atoms with Crippen LogP contribution < -0.4 is 10.6 Å². The van der Waals surface area contributed by atoms with Crippen molar-refractivity contribution < 1.29 is 4.79 Å². The Morgan fingerprint density at radius 3 is 2.32 bits per heavy atom. The first kappa shape index (κ1) is 13.6. The second kappa shape index (κ2) is 4.71. The third-order valence-corrected chi connectivity index (χ3v) is 3.76. The molecule has 0 saturated heterocycles. The maximum Gasteiger partial charge on any atom is 0.229 e. The molecule has 0 fully saturated rings. The largest absolute Gasteiger partial charge is 0.394 e. The molecule has 1 heterocycles. The average Bonchev–Trinajstić information content (AvgIpc) is 2.52. The average molecular weight is 320 g/mol. The molecule has 0 bridgehead atoms. The molecule has 5 heteroatoms. The highest BCUT2D eigenvalue weighted by molar-refractivity contribution is 9.10. The predicted molar refractivity (Wildman–Crippen MR) is 78.1 cm³/mol. The van der Waals surface area contributed by atoms with Crippen molar-refractivity contribution in [2.24, 2.45) is 11.7 Å². The van der Waals surface area contributed by atoms with Crippen molar-refractivity contribution in [2.75, 3.05) is 4.90 Å². The Kier molecular flexibility index (Phi) is 3.38. The van der Waals surface area contributed by atoms with Crippen LogP contribution in [0.1, 0.15) is 18.1 Å². The summed E-state index contributed by atoms with van der Waals surface area (Å²) >= 11 is 3.43.